The average Bonchev–Trinajstić information content (AvgIpc) is 2.24. The van der Waals surface area contributed by atoms with Crippen molar-refractivity contribution in [2.45, 2.75) is 97.8 Å². The zero-order valence-electron chi connectivity index (χ0n) is 14.6. The molecule has 2 nitrogen and oxygen atoms in total. The summed E-state index contributed by atoms with van der Waals surface area (Å²) >= 11 is 0. The predicted molar refractivity (Wildman–Crippen MR) is 85.7 cm³/mol. The maximum Gasteiger partial charge on any atom is 0.0229 e. The summed E-state index contributed by atoms with van der Waals surface area (Å²) in [5.41, 5.74) is 0.574. The Morgan fingerprint density at radius 1 is 0.895 bits per heavy atom. The first-order valence-corrected chi connectivity index (χ1v) is 8.11. The Labute approximate surface area is 121 Å². The van der Waals surface area contributed by atoms with Gasteiger partial charge >= 0.3 is 0 Å². The molecule has 1 saturated heterocycles. The number of piperazine rings is 1. The Morgan fingerprint density at radius 2 is 1.42 bits per heavy atom. The Kier molecular flexibility index (Phi) is 5.48. The molecule has 0 aromatic rings. The predicted octanol–water partition coefficient (Wildman–Crippen LogP) is 4.15. The van der Waals surface area contributed by atoms with Crippen molar-refractivity contribution < 1.29 is 0 Å². The van der Waals surface area contributed by atoms with Crippen molar-refractivity contribution in [1.82, 2.24) is 9.80 Å². The average molecular weight is 268 g/mol. The van der Waals surface area contributed by atoms with Gasteiger partial charge in [-0.2, -0.15) is 0 Å². The summed E-state index contributed by atoms with van der Waals surface area (Å²) in [4.78, 5) is 5.45. The van der Waals surface area contributed by atoms with Gasteiger partial charge < -0.3 is 0 Å². The highest BCUT2D eigenvalue weighted by Crippen LogP contribution is 2.30. The summed E-state index contributed by atoms with van der Waals surface area (Å²) in [6, 6.07) is 1.37. The molecule has 1 heterocycles. The summed E-state index contributed by atoms with van der Waals surface area (Å²) in [6.07, 6.45) is 4.00. The Balaban J connectivity index is 2.86. The molecule has 0 bridgehead atoms. The summed E-state index contributed by atoms with van der Waals surface area (Å²) in [5, 5.41) is 0. The molecule has 0 saturated carbocycles. The molecule has 0 N–H and O–H groups in total. The molecule has 1 aliphatic rings. The highest BCUT2D eigenvalue weighted by atomic mass is 15.3. The number of hydrogen-bond donors (Lipinski definition) is 0. The van der Waals surface area contributed by atoms with Crippen LogP contribution in [0, 0.1) is 0 Å². The molecule has 0 radical (unpaired) electrons. The molecular formula is C17H36N2. The van der Waals surface area contributed by atoms with Crippen LogP contribution in [-0.2, 0) is 0 Å². The fourth-order valence-corrected chi connectivity index (χ4v) is 3.48. The highest BCUT2D eigenvalue weighted by molar-refractivity contribution is 4.96. The zero-order valence-corrected chi connectivity index (χ0v) is 14.6. The largest absolute Gasteiger partial charge is 0.293 e. The third kappa shape index (κ3) is 4.46. The van der Waals surface area contributed by atoms with Crippen LogP contribution in [0.2, 0.25) is 0 Å². The van der Waals surface area contributed by atoms with Crippen LogP contribution < -0.4 is 0 Å². The van der Waals surface area contributed by atoms with Gasteiger partial charge in [-0.3, -0.25) is 9.80 Å². The van der Waals surface area contributed by atoms with Crippen LogP contribution >= 0.6 is 0 Å². The van der Waals surface area contributed by atoms with E-state index in [0.29, 0.717) is 6.04 Å². The van der Waals surface area contributed by atoms with Crippen LogP contribution in [0.1, 0.15) is 74.7 Å². The highest BCUT2D eigenvalue weighted by Gasteiger charge is 2.40. The minimum absolute atomic E-state index is 0.286. The van der Waals surface area contributed by atoms with Crippen molar-refractivity contribution >= 4 is 0 Å². The Morgan fingerprint density at radius 3 is 1.84 bits per heavy atom. The van der Waals surface area contributed by atoms with Gasteiger partial charge in [0.25, 0.3) is 0 Å². The van der Waals surface area contributed by atoms with E-state index in [-0.39, 0.29) is 11.1 Å². The van der Waals surface area contributed by atoms with Gasteiger partial charge in [0.1, 0.15) is 0 Å². The second-order valence-electron chi connectivity index (χ2n) is 8.29. The maximum absolute atomic E-state index is 2.75. The number of nitrogens with zero attached hydrogens (tertiary/aromatic N) is 2. The monoisotopic (exact) mass is 268 g/mol. The van der Waals surface area contributed by atoms with Crippen LogP contribution in [-0.4, -0.2) is 46.1 Å². The van der Waals surface area contributed by atoms with E-state index in [4.69, 9.17) is 0 Å². The molecule has 0 aromatic carbocycles. The zero-order chi connectivity index (χ0) is 14.8. The van der Waals surface area contributed by atoms with Gasteiger partial charge in [0.2, 0.25) is 0 Å². The van der Waals surface area contributed by atoms with E-state index in [9.17, 15) is 0 Å². The number of hydrogen-bond acceptors (Lipinski definition) is 2. The summed E-state index contributed by atoms with van der Waals surface area (Å²) < 4.78 is 0. The van der Waals surface area contributed by atoms with Gasteiger partial charge in [0.05, 0.1) is 0 Å². The lowest BCUT2D eigenvalue weighted by atomic mass is 9.91. The summed E-state index contributed by atoms with van der Waals surface area (Å²) in [5.74, 6) is 0. The van der Waals surface area contributed by atoms with Gasteiger partial charge in [0.15, 0.2) is 0 Å². The Bertz CT molecular complexity index is 272. The van der Waals surface area contributed by atoms with Gasteiger partial charge in [-0.05, 0) is 54.9 Å². The van der Waals surface area contributed by atoms with E-state index in [1.54, 1.807) is 0 Å². The molecule has 0 aliphatic carbocycles. The first-order chi connectivity index (χ1) is 8.57. The van der Waals surface area contributed by atoms with E-state index in [2.05, 4.69) is 65.2 Å². The van der Waals surface area contributed by atoms with Gasteiger partial charge in [-0.15, -0.1) is 0 Å². The summed E-state index contributed by atoms with van der Waals surface area (Å²) in [7, 11) is 0. The Hall–Kier alpha value is -0.0800. The normalized spacial score (nSPS) is 27.8. The molecule has 2 heteroatoms. The fourth-order valence-electron chi connectivity index (χ4n) is 3.48. The van der Waals surface area contributed by atoms with Gasteiger partial charge in [-0.25, -0.2) is 0 Å². The smallest absolute Gasteiger partial charge is 0.0229 e. The van der Waals surface area contributed by atoms with Gasteiger partial charge in [0, 0.05) is 36.3 Å². The van der Waals surface area contributed by atoms with Gasteiger partial charge in [-0.1, -0.05) is 19.8 Å². The molecule has 0 spiro atoms. The van der Waals surface area contributed by atoms with Crippen molar-refractivity contribution in [2.75, 3.05) is 13.1 Å². The minimum atomic E-state index is 0.286. The molecule has 1 rings (SSSR count). The molecule has 0 amide bonds. The molecule has 0 aromatic heterocycles. The molecule has 114 valence electrons. The second kappa shape index (κ2) is 6.13. The van der Waals surface area contributed by atoms with Crippen molar-refractivity contribution in [1.29, 1.82) is 0 Å². The van der Waals surface area contributed by atoms with Crippen molar-refractivity contribution in [2.24, 2.45) is 0 Å². The van der Waals surface area contributed by atoms with Crippen molar-refractivity contribution in [3.63, 3.8) is 0 Å². The maximum atomic E-state index is 2.75. The SMILES string of the molecule is CCCCC1CN(C(C)(C)C)C(C)CN1C(C)(C)C. The van der Waals surface area contributed by atoms with Crippen LogP contribution in [0.4, 0.5) is 0 Å². The molecule has 19 heavy (non-hydrogen) atoms. The standard InChI is InChI=1S/C17H36N2/c1-9-10-11-15-13-18(16(3,4)5)14(2)12-19(15)17(6,7)8/h14-15H,9-13H2,1-8H3. The van der Waals surface area contributed by atoms with E-state index in [0.717, 1.165) is 6.04 Å². The van der Waals surface area contributed by atoms with E-state index >= 15 is 0 Å². The molecule has 1 fully saturated rings. The van der Waals surface area contributed by atoms with Crippen LogP contribution in [0.3, 0.4) is 0 Å². The fraction of sp³-hybridized carbons (Fsp3) is 1.00. The molecule has 2 atom stereocenters. The van der Waals surface area contributed by atoms with Crippen molar-refractivity contribution in [3.8, 4) is 0 Å². The van der Waals surface area contributed by atoms with Crippen LogP contribution in [0.5, 0.6) is 0 Å². The van der Waals surface area contributed by atoms with Crippen LogP contribution in [0.25, 0.3) is 0 Å². The lowest BCUT2D eigenvalue weighted by Crippen LogP contribution is -2.65. The second-order valence-corrected chi connectivity index (χ2v) is 8.29. The van der Waals surface area contributed by atoms with E-state index in [1.807, 2.05) is 0 Å². The minimum Gasteiger partial charge on any atom is -0.293 e. The van der Waals surface area contributed by atoms with E-state index in [1.165, 1.54) is 32.4 Å². The van der Waals surface area contributed by atoms with E-state index < -0.39 is 0 Å². The van der Waals surface area contributed by atoms with Crippen LogP contribution in [0.15, 0.2) is 0 Å². The lowest BCUT2D eigenvalue weighted by molar-refractivity contribution is -0.0555. The third-order valence-electron chi connectivity index (χ3n) is 4.46. The lowest BCUT2D eigenvalue weighted by Gasteiger charge is -2.54. The molecular weight excluding hydrogens is 232 g/mol. The number of unbranched alkanes of at least 4 members (excludes halogenated alkanes) is 1. The van der Waals surface area contributed by atoms with Crippen molar-refractivity contribution in [3.05, 3.63) is 0 Å². The molecule has 2 unspecified atom stereocenters. The molecule has 1 aliphatic heterocycles. The summed E-state index contributed by atoms with van der Waals surface area (Å²) in [6.45, 7) is 21.3. The first-order valence-electron chi connectivity index (χ1n) is 8.11. The number of rotatable bonds is 3. The first kappa shape index (κ1) is 17.0. The quantitative estimate of drug-likeness (QED) is 0.759. The third-order valence-corrected chi connectivity index (χ3v) is 4.46. The topological polar surface area (TPSA) is 6.48 Å².